The Balaban J connectivity index is 1.27. The lowest BCUT2D eigenvalue weighted by molar-refractivity contribution is -0.240. The van der Waals surface area contributed by atoms with E-state index in [4.69, 9.17) is 9.47 Å². The molecular formula is C28H38O5. The van der Waals surface area contributed by atoms with E-state index >= 15 is 0 Å². The van der Waals surface area contributed by atoms with Crippen LogP contribution in [0, 0.1) is 46.3 Å². The monoisotopic (exact) mass is 454 g/mol. The molecule has 0 aromatic heterocycles. The molecule has 2 saturated heterocycles. The molecule has 0 spiro atoms. The fraction of sp³-hybridized carbons (Fsp3) is 0.786. The second-order valence-electron chi connectivity index (χ2n) is 12.4. The van der Waals surface area contributed by atoms with Crippen molar-refractivity contribution in [2.75, 3.05) is 13.2 Å². The minimum atomic E-state index is -0.615. The molecule has 0 aromatic rings. The average Bonchev–Trinajstić information content (AvgIpc) is 3.12. The molecule has 10 atom stereocenters. The highest BCUT2D eigenvalue weighted by molar-refractivity contribution is 5.98. The van der Waals surface area contributed by atoms with E-state index in [9.17, 15) is 14.7 Å². The maximum Gasteiger partial charge on any atom is 0.314 e. The summed E-state index contributed by atoms with van der Waals surface area (Å²) in [6.07, 6.45) is 13.4. The number of aliphatic hydroxyl groups is 1. The second kappa shape index (κ2) is 7.27. The van der Waals surface area contributed by atoms with E-state index in [2.05, 4.69) is 19.9 Å². The van der Waals surface area contributed by atoms with Gasteiger partial charge in [-0.1, -0.05) is 24.6 Å². The first-order valence-corrected chi connectivity index (χ1v) is 13.1. The van der Waals surface area contributed by atoms with Crippen LogP contribution in [0.2, 0.25) is 0 Å². The molecule has 1 N–H and O–H groups in total. The molecule has 4 fully saturated rings. The molecule has 180 valence electrons. The average molecular weight is 455 g/mol. The largest absolute Gasteiger partial charge is 0.461 e. The van der Waals surface area contributed by atoms with Crippen molar-refractivity contribution in [3.05, 3.63) is 23.8 Å². The Kier molecular flexibility index (Phi) is 4.85. The number of esters is 1. The van der Waals surface area contributed by atoms with Gasteiger partial charge in [-0.15, -0.1) is 0 Å². The Morgan fingerprint density at radius 3 is 2.58 bits per heavy atom. The lowest BCUT2D eigenvalue weighted by atomic mass is 9.47. The molecule has 6 rings (SSSR count). The van der Waals surface area contributed by atoms with Gasteiger partial charge < -0.3 is 14.6 Å². The predicted molar refractivity (Wildman–Crippen MR) is 123 cm³/mol. The van der Waals surface area contributed by atoms with Gasteiger partial charge in [-0.2, -0.15) is 0 Å². The molecule has 2 saturated carbocycles. The maximum atomic E-state index is 13.1. The number of fused-ring (bicyclic) bond motifs is 7. The highest BCUT2D eigenvalue weighted by Gasteiger charge is 2.63. The third kappa shape index (κ3) is 2.84. The van der Waals surface area contributed by atoms with E-state index in [1.165, 1.54) is 12.0 Å². The van der Waals surface area contributed by atoms with E-state index in [0.29, 0.717) is 42.5 Å². The van der Waals surface area contributed by atoms with Crippen LogP contribution in [0.3, 0.4) is 0 Å². The third-order valence-corrected chi connectivity index (χ3v) is 11.4. The van der Waals surface area contributed by atoms with Crippen molar-refractivity contribution >= 4 is 11.8 Å². The van der Waals surface area contributed by atoms with E-state index in [-0.39, 0.29) is 35.4 Å². The Bertz CT molecular complexity index is 937. The van der Waals surface area contributed by atoms with Gasteiger partial charge in [0.2, 0.25) is 0 Å². The van der Waals surface area contributed by atoms with Gasteiger partial charge in [0.1, 0.15) is 12.0 Å². The molecular weight excluding hydrogens is 416 g/mol. The number of hydrogen-bond acceptors (Lipinski definition) is 5. The fourth-order valence-corrected chi connectivity index (χ4v) is 9.41. The number of ketones is 1. The summed E-state index contributed by atoms with van der Waals surface area (Å²) in [5, 5.41) is 9.73. The van der Waals surface area contributed by atoms with Gasteiger partial charge in [0.15, 0.2) is 5.78 Å². The summed E-state index contributed by atoms with van der Waals surface area (Å²) >= 11 is 0. The lowest BCUT2D eigenvalue weighted by Crippen LogP contribution is -2.61. The van der Waals surface area contributed by atoms with Gasteiger partial charge in [0.05, 0.1) is 24.2 Å². The van der Waals surface area contributed by atoms with Crippen LogP contribution in [-0.2, 0) is 19.1 Å². The molecule has 0 radical (unpaired) electrons. The van der Waals surface area contributed by atoms with E-state index in [1.807, 2.05) is 19.1 Å². The summed E-state index contributed by atoms with van der Waals surface area (Å²) in [6.45, 7) is 7.04. The lowest BCUT2D eigenvalue weighted by Gasteiger charge is -2.58. The molecule has 2 aliphatic heterocycles. The van der Waals surface area contributed by atoms with Crippen LogP contribution < -0.4 is 0 Å². The molecule has 0 aromatic carbocycles. The highest BCUT2D eigenvalue weighted by atomic mass is 16.6. The van der Waals surface area contributed by atoms with Gasteiger partial charge in [-0.25, -0.2) is 0 Å². The van der Waals surface area contributed by atoms with Crippen molar-refractivity contribution in [1.29, 1.82) is 0 Å². The van der Waals surface area contributed by atoms with Crippen LogP contribution in [0.1, 0.15) is 65.7 Å². The fourth-order valence-electron chi connectivity index (χ4n) is 9.41. The van der Waals surface area contributed by atoms with E-state index in [0.717, 1.165) is 32.1 Å². The highest BCUT2D eigenvalue weighted by Crippen LogP contribution is 2.67. The number of rotatable bonds is 2. The number of carbonyl (C=O) groups excluding carboxylic acids is 2. The first kappa shape index (κ1) is 22.0. The number of carbonyl (C=O) groups is 2. The van der Waals surface area contributed by atoms with Crippen molar-refractivity contribution in [2.24, 2.45) is 46.3 Å². The summed E-state index contributed by atoms with van der Waals surface area (Å²) in [6, 6.07) is 0. The van der Waals surface area contributed by atoms with Crippen molar-refractivity contribution in [1.82, 2.24) is 0 Å². The van der Waals surface area contributed by atoms with Gasteiger partial charge in [-0.05, 0) is 87.5 Å². The van der Waals surface area contributed by atoms with Gasteiger partial charge >= 0.3 is 5.97 Å². The number of ether oxygens (including phenoxy) is 2. The van der Waals surface area contributed by atoms with Crippen LogP contribution in [0.5, 0.6) is 0 Å². The molecule has 2 bridgehead atoms. The Morgan fingerprint density at radius 2 is 1.82 bits per heavy atom. The van der Waals surface area contributed by atoms with Crippen LogP contribution in [0.4, 0.5) is 0 Å². The summed E-state index contributed by atoms with van der Waals surface area (Å²) in [4.78, 5) is 25.8. The van der Waals surface area contributed by atoms with Crippen molar-refractivity contribution in [2.45, 2.75) is 77.4 Å². The molecule has 5 heteroatoms. The van der Waals surface area contributed by atoms with Crippen molar-refractivity contribution < 1.29 is 24.2 Å². The zero-order valence-electron chi connectivity index (χ0n) is 20.2. The summed E-state index contributed by atoms with van der Waals surface area (Å²) < 4.78 is 12.3. The van der Waals surface area contributed by atoms with Crippen LogP contribution in [-0.4, -0.2) is 41.8 Å². The number of allylic oxidation sites excluding steroid dienone is 4. The Hall–Kier alpha value is -1.46. The number of hydrogen-bond donors (Lipinski definition) is 1. The smallest absolute Gasteiger partial charge is 0.314 e. The first-order valence-electron chi connectivity index (χ1n) is 13.1. The third-order valence-electron chi connectivity index (χ3n) is 11.4. The van der Waals surface area contributed by atoms with Gasteiger partial charge in [-0.3, -0.25) is 9.59 Å². The summed E-state index contributed by atoms with van der Waals surface area (Å²) in [5.41, 5.74) is 0.612. The summed E-state index contributed by atoms with van der Waals surface area (Å²) in [7, 11) is 0. The van der Waals surface area contributed by atoms with Crippen LogP contribution in [0.15, 0.2) is 23.8 Å². The molecule has 6 aliphatic rings. The van der Waals surface area contributed by atoms with Gasteiger partial charge in [0.25, 0.3) is 0 Å². The maximum absolute atomic E-state index is 13.1. The molecule has 5 nitrogen and oxygen atoms in total. The van der Waals surface area contributed by atoms with E-state index in [1.54, 1.807) is 0 Å². The standard InChI is InChI=1S/C28H38O5/c1-26-12-11-21-17(8-7-16-5-4-6-24(30)28(16,21)3)19(26)9-10-20(26)18-15-32-27(2)13-23(18)33-25(31)22(27)14-29/h4,6-7,17-23,29H,5,8-15H2,1-3H3/t17-,18-,19-,20+,21-,22-,23+,26-,27+,28-/m0/s1. The SMILES string of the molecule is C[C@]12C(=O)C=CCC1=CC[C@@H]1[C@@H]2CC[C@]2(C)[C@@H]([C@@H]3CO[C@]4(C)C[C@H]3OC(=O)[C@@H]4CO)CC[C@@H]12. The first-order chi connectivity index (χ1) is 15.7. The zero-order valence-corrected chi connectivity index (χ0v) is 20.2. The molecule has 2 heterocycles. The quantitative estimate of drug-likeness (QED) is 0.499. The normalized spacial score (nSPS) is 53.0. The molecule has 33 heavy (non-hydrogen) atoms. The van der Waals surface area contributed by atoms with Crippen molar-refractivity contribution in [3.63, 3.8) is 0 Å². The predicted octanol–water partition coefficient (Wildman–Crippen LogP) is 4.24. The molecule has 0 unspecified atom stereocenters. The minimum Gasteiger partial charge on any atom is -0.461 e. The minimum absolute atomic E-state index is 0.113. The second-order valence-corrected chi connectivity index (χ2v) is 12.4. The molecule has 0 amide bonds. The van der Waals surface area contributed by atoms with Crippen LogP contribution >= 0.6 is 0 Å². The van der Waals surface area contributed by atoms with E-state index < -0.39 is 11.5 Å². The zero-order chi connectivity index (χ0) is 23.2. The number of aliphatic hydroxyl groups excluding tert-OH is 1. The van der Waals surface area contributed by atoms with Crippen LogP contribution in [0.25, 0.3) is 0 Å². The van der Waals surface area contributed by atoms with Gasteiger partial charge in [0, 0.05) is 12.3 Å². The molecule has 4 aliphatic carbocycles. The Labute approximate surface area is 197 Å². The summed E-state index contributed by atoms with van der Waals surface area (Å²) in [5.74, 6) is 1.71. The topological polar surface area (TPSA) is 72.8 Å². The van der Waals surface area contributed by atoms with Crippen molar-refractivity contribution in [3.8, 4) is 0 Å². The Morgan fingerprint density at radius 1 is 1.06 bits per heavy atom.